The number of halogens is 2. The SMILES string of the molecule is CC(C)(C)CCNCC(F)(F)C(=O)O. The van der Waals surface area contributed by atoms with E-state index in [9.17, 15) is 13.6 Å². The molecule has 0 unspecified atom stereocenters. The van der Waals surface area contributed by atoms with Gasteiger partial charge in [-0.1, -0.05) is 20.8 Å². The Hall–Kier alpha value is -0.710. The Morgan fingerprint density at radius 3 is 2.21 bits per heavy atom. The highest BCUT2D eigenvalue weighted by Gasteiger charge is 2.38. The number of aliphatic carboxylic acids is 1. The largest absolute Gasteiger partial charge is 0.477 e. The number of carbonyl (C=O) groups is 1. The van der Waals surface area contributed by atoms with Gasteiger partial charge in [0, 0.05) is 0 Å². The number of rotatable bonds is 5. The molecular weight excluding hydrogens is 192 g/mol. The molecule has 0 bridgehead atoms. The first-order chi connectivity index (χ1) is 6.15. The first kappa shape index (κ1) is 13.3. The lowest BCUT2D eigenvalue weighted by molar-refractivity contribution is -0.164. The van der Waals surface area contributed by atoms with Gasteiger partial charge in [-0.2, -0.15) is 8.78 Å². The van der Waals surface area contributed by atoms with Crippen molar-refractivity contribution in [3.8, 4) is 0 Å². The average Bonchev–Trinajstić information content (AvgIpc) is 1.96. The second-order valence-corrected chi connectivity index (χ2v) is 4.50. The molecule has 5 heteroatoms. The van der Waals surface area contributed by atoms with Crippen molar-refractivity contribution in [2.24, 2.45) is 5.41 Å². The van der Waals surface area contributed by atoms with Gasteiger partial charge in [-0.25, -0.2) is 4.79 Å². The summed E-state index contributed by atoms with van der Waals surface area (Å²) in [5, 5.41) is 10.5. The van der Waals surface area contributed by atoms with E-state index in [1.165, 1.54) is 0 Å². The van der Waals surface area contributed by atoms with E-state index in [4.69, 9.17) is 5.11 Å². The van der Waals surface area contributed by atoms with E-state index in [1.807, 2.05) is 20.8 Å². The lowest BCUT2D eigenvalue weighted by atomic mass is 9.92. The molecule has 0 aliphatic carbocycles. The fourth-order valence-electron chi connectivity index (χ4n) is 0.784. The summed E-state index contributed by atoms with van der Waals surface area (Å²) in [7, 11) is 0. The summed E-state index contributed by atoms with van der Waals surface area (Å²) in [6, 6.07) is 0. The predicted molar refractivity (Wildman–Crippen MR) is 49.5 cm³/mol. The molecule has 0 aromatic rings. The van der Waals surface area contributed by atoms with Crippen LogP contribution in [-0.2, 0) is 4.79 Å². The van der Waals surface area contributed by atoms with E-state index < -0.39 is 18.4 Å². The Bertz CT molecular complexity index is 199. The molecule has 0 aromatic heterocycles. The Morgan fingerprint density at radius 2 is 1.86 bits per heavy atom. The van der Waals surface area contributed by atoms with E-state index >= 15 is 0 Å². The van der Waals surface area contributed by atoms with Crippen LogP contribution in [0.5, 0.6) is 0 Å². The summed E-state index contributed by atoms with van der Waals surface area (Å²) < 4.78 is 25.0. The van der Waals surface area contributed by atoms with Gasteiger partial charge in [0.25, 0.3) is 0 Å². The van der Waals surface area contributed by atoms with Crippen molar-refractivity contribution in [1.82, 2.24) is 5.32 Å². The topological polar surface area (TPSA) is 49.3 Å². The van der Waals surface area contributed by atoms with Crippen molar-refractivity contribution in [2.75, 3.05) is 13.1 Å². The molecule has 0 saturated heterocycles. The maximum absolute atomic E-state index is 12.5. The molecule has 0 amide bonds. The Kier molecular flexibility index (Phi) is 4.45. The van der Waals surface area contributed by atoms with Crippen molar-refractivity contribution in [1.29, 1.82) is 0 Å². The van der Waals surface area contributed by atoms with Crippen molar-refractivity contribution < 1.29 is 18.7 Å². The van der Waals surface area contributed by atoms with Crippen LogP contribution in [0.15, 0.2) is 0 Å². The molecule has 0 aliphatic heterocycles. The van der Waals surface area contributed by atoms with Crippen LogP contribution in [0.4, 0.5) is 8.78 Å². The predicted octanol–water partition coefficient (Wildman–Crippen LogP) is 1.73. The zero-order valence-corrected chi connectivity index (χ0v) is 8.73. The quantitative estimate of drug-likeness (QED) is 0.678. The van der Waals surface area contributed by atoms with Crippen LogP contribution in [0.2, 0.25) is 0 Å². The zero-order valence-electron chi connectivity index (χ0n) is 8.73. The lowest BCUT2D eigenvalue weighted by Crippen LogP contribution is -2.40. The standard InChI is InChI=1S/C9H17F2NO2/c1-8(2,3)4-5-12-6-9(10,11)7(13)14/h12H,4-6H2,1-3H3,(H,13,14). The maximum Gasteiger partial charge on any atom is 0.375 e. The van der Waals surface area contributed by atoms with E-state index in [-0.39, 0.29) is 5.41 Å². The zero-order chi connectivity index (χ0) is 11.4. The molecule has 0 rings (SSSR count). The van der Waals surface area contributed by atoms with Crippen molar-refractivity contribution in [3.05, 3.63) is 0 Å². The van der Waals surface area contributed by atoms with Gasteiger partial charge in [-0.15, -0.1) is 0 Å². The van der Waals surface area contributed by atoms with Gasteiger partial charge in [-0.3, -0.25) is 0 Å². The van der Waals surface area contributed by atoms with Crippen LogP contribution >= 0.6 is 0 Å². The van der Waals surface area contributed by atoms with Gasteiger partial charge in [0.15, 0.2) is 0 Å². The van der Waals surface area contributed by atoms with E-state index in [0.717, 1.165) is 6.42 Å². The molecule has 0 atom stereocenters. The summed E-state index contributed by atoms with van der Waals surface area (Å²) in [6.07, 6.45) is 0.725. The fraction of sp³-hybridized carbons (Fsp3) is 0.889. The third-order valence-electron chi connectivity index (χ3n) is 1.71. The fourth-order valence-corrected chi connectivity index (χ4v) is 0.784. The first-order valence-electron chi connectivity index (χ1n) is 4.47. The van der Waals surface area contributed by atoms with Crippen LogP contribution in [0.3, 0.4) is 0 Å². The van der Waals surface area contributed by atoms with Crippen molar-refractivity contribution >= 4 is 5.97 Å². The van der Waals surface area contributed by atoms with Gasteiger partial charge < -0.3 is 10.4 Å². The molecule has 3 nitrogen and oxygen atoms in total. The number of hydrogen-bond acceptors (Lipinski definition) is 2. The molecule has 0 spiro atoms. The second kappa shape index (κ2) is 4.68. The number of alkyl halides is 2. The third kappa shape index (κ3) is 5.85. The second-order valence-electron chi connectivity index (χ2n) is 4.50. The monoisotopic (exact) mass is 209 g/mol. The van der Waals surface area contributed by atoms with Crippen LogP contribution < -0.4 is 5.32 Å². The highest BCUT2D eigenvalue weighted by Crippen LogP contribution is 2.17. The summed E-state index contributed by atoms with van der Waals surface area (Å²) in [5.41, 5.74) is 0.0610. The van der Waals surface area contributed by atoms with Crippen LogP contribution in [0, 0.1) is 5.41 Å². The van der Waals surface area contributed by atoms with Gasteiger partial charge in [-0.05, 0) is 18.4 Å². The van der Waals surface area contributed by atoms with Crippen molar-refractivity contribution in [3.63, 3.8) is 0 Å². The Balaban J connectivity index is 3.70. The molecule has 0 heterocycles. The van der Waals surface area contributed by atoms with Crippen LogP contribution in [0.1, 0.15) is 27.2 Å². The molecular formula is C9H17F2NO2. The molecule has 0 aliphatic rings. The van der Waals surface area contributed by atoms with Crippen molar-refractivity contribution in [2.45, 2.75) is 33.1 Å². The summed E-state index contributed by atoms with van der Waals surface area (Å²) >= 11 is 0. The lowest BCUT2D eigenvalue weighted by Gasteiger charge is -2.19. The number of carboxylic acids is 1. The molecule has 0 saturated carbocycles. The van der Waals surface area contributed by atoms with E-state index in [1.54, 1.807) is 0 Å². The van der Waals surface area contributed by atoms with Gasteiger partial charge in [0.1, 0.15) is 0 Å². The minimum atomic E-state index is -3.67. The molecule has 14 heavy (non-hydrogen) atoms. The Morgan fingerprint density at radius 1 is 1.36 bits per heavy atom. The minimum Gasteiger partial charge on any atom is -0.477 e. The highest BCUT2D eigenvalue weighted by molar-refractivity contribution is 5.75. The summed E-state index contributed by atoms with van der Waals surface area (Å²) in [4.78, 5) is 10.0. The smallest absolute Gasteiger partial charge is 0.375 e. The Labute approximate surface area is 82.5 Å². The highest BCUT2D eigenvalue weighted by atomic mass is 19.3. The van der Waals surface area contributed by atoms with Crippen LogP contribution in [-0.4, -0.2) is 30.1 Å². The molecule has 0 aromatic carbocycles. The summed E-state index contributed by atoms with van der Waals surface area (Å²) in [6.45, 7) is 5.56. The van der Waals surface area contributed by atoms with Crippen LogP contribution in [0.25, 0.3) is 0 Å². The molecule has 2 N–H and O–H groups in total. The van der Waals surface area contributed by atoms with E-state index in [2.05, 4.69) is 5.32 Å². The number of hydrogen-bond donors (Lipinski definition) is 2. The maximum atomic E-state index is 12.5. The minimum absolute atomic E-state index is 0.0610. The first-order valence-corrected chi connectivity index (χ1v) is 4.47. The molecule has 0 fully saturated rings. The van der Waals surface area contributed by atoms with Gasteiger partial charge in [0.2, 0.25) is 0 Å². The van der Waals surface area contributed by atoms with E-state index in [0.29, 0.717) is 6.54 Å². The normalized spacial score (nSPS) is 12.9. The average molecular weight is 209 g/mol. The van der Waals surface area contributed by atoms with Gasteiger partial charge in [0.05, 0.1) is 6.54 Å². The third-order valence-corrected chi connectivity index (χ3v) is 1.71. The number of carboxylic acid groups (broad SMARTS) is 1. The summed E-state index contributed by atoms with van der Waals surface area (Å²) in [5.74, 6) is -5.75. The molecule has 84 valence electrons. The van der Waals surface area contributed by atoms with Gasteiger partial charge >= 0.3 is 11.9 Å². The molecule has 0 radical (unpaired) electrons. The number of nitrogens with one attached hydrogen (secondary N) is 1.